The first-order chi connectivity index (χ1) is 13.0. The van der Waals surface area contributed by atoms with Gasteiger partial charge < -0.3 is 10.1 Å². The predicted molar refractivity (Wildman–Crippen MR) is 97.6 cm³/mol. The SMILES string of the molecule is COc1ccccc1NC(=O)[C@H](C)N1C(=O)[C@@H]2[C@H]3C=C[C@@H]([C@@H]4C[C@@H]34)[C@@H]2C1=O. The fourth-order valence-electron chi connectivity index (χ4n) is 5.46. The Kier molecular flexibility index (Phi) is 3.48. The minimum atomic E-state index is -0.851. The smallest absolute Gasteiger partial charge is 0.247 e. The Morgan fingerprint density at radius 2 is 1.70 bits per heavy atom. The number of amides is 3. The third kappa shape index (κ3) is 2.22. The molecule has 6 nitrogen and oxygen atoms in total. The van der Waals surface area contributed by atoms with Crippen LogP contribution in [0.15, 0.2) is 36.4 Å². The summed E-state index contributed by atoms with van der Waals surface area (Å²) in [7, 11) is 1.53. The van der Waals surface area contributed by atoms with Crippen LogP contribution in [0.2, 0.25) is 0 Å². The predicted octanol–water partition coefficient (Wildman–Crippen LogP) is 2.08. The van der Waals surface area contributed by atoms with Gasteiger partial charge in [0.15, 0.2) is 0 Å². The molecule has 4 aliphatic carbocycles. The van der Waals surface area contributed by atoms with Gasteiger partial charge in [0.1, 0.15) is 11.8 Å². The normalized spacial score (nSPS) is 36.3. The number of anilines is 1. The number of hydrogen-bond donors (Lipinski definition) is 1. The largest absolute Gasteiger partial charge is 0.495 e. The van der Waals surface area contributed by atoms with Gasteiger partial charge in [-0.2, -0.15) is 0 Å². The number of ether oxygens (including phenoxy) is 1. The van der Waals surface area contributed by atoms with Gasteiger partial charge in [0, 0.05) is 0 Å². The van der Waals surface area contributed by atoms with Crippen molar-refractivity contribution in [3.8, 4) is 5.75 Å². The Labute approximate surface area is 157 Å². The lowest BCUT2D eigenvalue weighted by Crippen LogP contribution is -2.46. The first kappa shape index (κ1) is 16.5. The molecule has 3 amide bonds. The van der Waals surface area contributed by atoms with Crippen LogP contribution in [0.4, 0.5) is 5.69 Å². The lowest BCUT2D eigenvalue weighted by Gasteiger charge is -2.37. The van der Waals surface area contributed by atoms with Crippen molar-refractivity contribution in [2.45, 2.75) is 19.4 Å². The lowest BCUT2D eigenvalue weighted by atomic mass is 9.63. The highest BCUT2D eigenvalue weighted by Crippen LogP contribution is 2.65. The molecule has 2 bridgehead atoms. The molecule has 0 aromatic heterocycles. The molecule has 1 aromatic carbocycles. The van der Waals surface area contributed by atoms with Crippen LogP contribution in [-0.2, 0) is 14.4 Å². The van der Waals surface area contributed by atoms with Crippen molar-refractivity contribution in [3.63, 3.8) is 0 Å². The van der Waals surface area contributed by atoms with Gasteiger partial charge in [-0.15, -0.1) is 0 Å². The second kappa shape index (κ2) is 5.68. The summed E-state index contributed by atoms with van der Waals surface area (Å²) in [5.41, 5.74) is 0.524. The molecular formula is C21H22N2O4. The molecule has 27 heavy (non-hydrogen) atoms. The van der Waals surface area contributed by atoms with Gasteiger partial charge in [0.2, 0.25) is 17.7 Å². The third-order valence-electron chi connectivity index (χ3n) is 6.83. The number of benzene rings is 1. The Bertz CT molecular complexity index is 843. The highest BCUT2D eigenvalue weighted by atomic mass is 16.5. The molecule has 1 aliphatic heterocycles. The van der Waals surface area contributed by atoms with E-state index in [1.54, 1.807) is 25.1 Å². The van der Waals surface area contributed by atoms with E-state index in [1.165, 1.54) is 12.0 Å². The topological polar surface area (TPSA) is 75.7 Å². The number of para-hydroxylation sites is 2. The summed E-state index contributed by atoms with van der Waals surface area (Å²) >= 11 is 0. The average molecular weight is 366 g/mol. The quantitative estimate of drug-likeness (QED) is 0.654. The molecule has 1 saturated heterocycles. The minimum Gasteiger partial charge on any atom is -0.495 e. The molecule has 0 spiro atoms. The van der Waals surface area contributed by atoms with E-state index in [4.69, 9.17) is 4.74 Å². The van der Waals surface area contributed by atoms with Gasteiger partial charge in [0.25, 0.3) is 0 Å². The zero-order valence-corrected chi connectivity index (χ0v) is 15.3. The molecule has 2 saturated carbocycles. The second-order valence-corrected chi connectivity index (χ2v) is 8.07. The first-order valence-corrected chi connectivity index (χ1v) is 9.52. The van der Waals surface area contributed by atoms with Gasteiger partial charge in [0.05, 0.1) is 24.6 Å². The molecule has 7 atom stereocenters. The van der Waals surface area contributed by atoms with E-state index in [0.717, 1.165) is 6.42 Å². The van der Waals surface area contributed by atoms with E-state index in [0.29, 0.717) is 23.3 Å². The van der Waals surface area contributed by atoms with Crippen LogP contribution in [0.5, 0.6) is 5.75 Å². The highest BCUT2D eigenvalue weighted by Gasteiger charge is 2.67. The van der Waals surface area contributed by atoms with E-state index in [-0.39, 0.29) is 41.4 Å². The Hall–Kier alpha value is -2.63. The molecule has 0 radical (unpaired) electrons. The Balaban J connectivity index is 1.38. The van der Waals surface area contributed by atoms with E-state index in [2.05, 4.69) is 17.5 Å². The van der Waals surface area contributed by atoms with Crippen LogP contribution in [0.3, 0.4) is 0 Å². The molecule has 1 aromatic rings. The first-order valence-electron chi connectivity index (χ1n) is 9.52. The number of nitrogens with one attached hydrogen (secondary N) is 1. The standard InChI is InChI=1S/C21H22N2O4/c1-10(19(24)22-15-5-3-4-6-16(15)27-2)23-20(25)17-11-7-8-12(14-9-13(11)14)18(17)21(23)26/h3-8,10-14,17-18H,9H2,1-2H3,(H,22,24)/t10-,11-,12-,13-,14-,17-,18+/m0/s1. The maximum Gasteiger partial charge on any atom is 0.247 e. The van der Waals surface area contributed by atoms with Crippen molar-refractivity contribution in [1.29, 1.82) is 0 Å². The van der Waals surface area contributed by atoms with Crippen molar-refractivity contribution in [1.82, 2.24) is 4.90 Å². The number of hydrogen-bond acceptors (Lipinski definition) is 4. The van der Waals surface area contributed by atoms with Crippen molar-refractivity contribution in [2.75, 3.05) is 12.4 Å². The molecule has 5 aliphatic rings. The Morgan fingerprint density at radius 1 is 1.11 bits per heavy atom. The van der Waals surface area contributed by atoms with Crippen LogP contribution >= 0.6 is 0 Å². The second-order valence-electron chi connectivity index (χ2n) is 8.07. The van der Waals surface area contributed by atoms with Crippen molar-refractivity contribution in [2.24, 2.45) is 35.5 Å². The number of nitrogens with zero attached hydrogens (tertiary/aromatic N) is 1. The lowest BCUT2D eigenvalue weighted by molar-refractivity contribution is -0.146. The maximum absolute atomic E-state index is 13.1. The summed E-state index contributed by atoms with van der Waals surface area (Å²) < 4.78 is 5.25. The number of imide groups is 1. The third-order valence-corrected chi connectivity index (χ3v) is 6.83. The number of carbonyl (C=O) groups excluding carboxylic acids is 3. The number of methoxy groups -OCH3 is 1. The van der Waals surface area contributed by atoms with Crippen LogP contribution < -0.4 is 10.1 Å². The summed E-state index contributed by atoms with van der Waals surface area (Å²) in [6.07, 6.45) is 5.39. The van der Waals surface area contributed by atoms with E-state index in [9.17, 15) is 14.4 Å². The van der Waals surface area contributed by atoms with Gasteiger partial charge in [-0.25, -0.2) is 0 Å². The zero-order chi connectivity index (χ0) is 18.9. The van der Waals surface area contributed by atoms with Crippen molar-refractivity contribution < 1.29 is 19.1 Å². The molecule has 6 rings (SSSR count). The van der Waals surface area contributed by atoms with Crippen LogP contribution in [0.25, 0.3) is 0 Å². The van der Waals surface area contributed by atoms with Gasteiger partial charge in [-0.3, -0.25) is 19.3 Å². The zero-order valence-electron chi connectivity index (χ0n) is 15.3. The summed E-state index contributed by atoms with van der Waals surface area (Å²) in [6.45, 7) is 1.62. The molecule has 1 N–H and O–H groups in total. The number of allylic oxidation sites excluding steroid dienone is 2. The molecule has 3 fully saturated rings. The van der Waals surface area contributed by atoms with E-state index in [1.807, 2.05) is 6.07 Å². The fraction of sp³-hybridized carbons (Fsp3) is 0.476. The van der Waals surface area contributed by atoms with Gasteiger partial charge in [-0.05, 0) is 49.1 Å². The van der Waals surface area contributed by atoms with E-state index >= 15 is 0 Å². The summed E-state index contributed by atoms with van der Waals surface area (Å²) in [6, 6.07) is 6.23. The monoisotopic (exact) mass is 366 g/mol. The summed E-state index contributed by atoms with van der Waals surface area (Å²) in [5, 5.41) is 2.79. The van der Waals surface area contributed by atoms with Crippen LogP contribution in [0.1, 0.15) is 13.3 Å². The van der Waals surface area contributed by atoms with Gasteiger partial charge >= 0.3 is 0 Å². The molecular weight excluding hydrogens is 344 g/mol. The number of likely N-dealkylation sites (tertiary alicyclic amines) is 1. The number of rotatable bonds is 4. The molecule has 0 unspecified atom stereocenters. The van der Waals surface area contributed by atoms with E-state index < -0.39 is 6.04 Å². The van der Waals surface area contributed by atoms with Crippen molar-refractivity contribution >= 4 is 23.4 Å². The molecule has 6 heteroatoms. The number of carbonyl (C=O) groups is 3. The molecule has 140 valence electrons. The minimum absolute atomic E-state index is 0.163. The average Bonchev–Trinajstić information content (AvgIpc) is 3.45. The maximum atomic E-state index is 13.1. The van der Waals surface area contributed by atoms with Crippen LogP contribution in [-0.4, -0.2) is 35.8 Å². The molecule has 1 heterocycles. The summed E-state index contributed by atoms with van der Waals surface area (Å²) in [5.74, 6) is 0.655. The van der Waals surface area contributed by atoms with Crippen molar-refractivity contribution in [3.05, 3.63) is 36.4 Å². The van der Waals surface area contributed by atoms with Gasteiger partial charge in [-0.1, -0.05) is 24.3 Å². The summed E-state index contributed by atoms with van der Waals surface area (Å²) in [4.78, 5) is 40.2. The Morgan fingerprint density at radius 3 is 2.30 bits per heavy atom. The van der Waals surface area contributed by atoms with Crippen LogP contribution in [0, 0.1) is 35.5 Å². The fourth-order valence-corrected chi connectivity index (χ4v) is 5.46. The highest BCUT2D eigenvalue weighted by molar-refractivity contribution is 6.10.